The molecule has 1 aromatic rings. The molecule has 0 amide bonds. The van der Waals surface area contributed by atoms with Gasteiger partial charge in [0.2, 0.25) is 0 Å². The van der Waals surface area contributed by atoms with E-state index < -0.39 is 12.0 Å². The topological polar surface area (TPSA) is 66.8 Å². The predicted molar refractivity (Wildman–Crippen MR) is 73.8 cm³/mol. The van der Waals surface area contributed by atoms with Crippen LogP contribution in [0.1, 0.15) is 31.4 Å². The lowest BCUT2D eigenvalue weighted by molar-refractivity contribution is -0.145. The molecule has 1 heterocycles. The van der Waals surface area contributed by atoms with E-state index in [-0.39, 0.29) is 5.78 Å². The van der Waals surface area contributed by atoms with E-state index in [2.05, 4.69) is 0 Å². The fourth-order valence-electron chi connectivity index (χ4n) is 2.48. The van der Waals surface area contributed by atoms with Crippen molar-refractivity contribution in [3.8, 4) is 5.75 Å². The van der Waals surface area contributed by atoms with Crippen molar-refractivity contribution in [3.63, 3.8) is 0 Å². The van der Waals surface area contributed by atoms with Gasteiger partial charge in [0.15, 0.2) is 0 Å². The summed E-state index contributed by atoms with van der Waals surface area (Å²) in [5.41, 5.74) is 0.692. The fourth-order valence-corrected chi connectivity index (χ4v) is 2.48. The summed E-state index contributed by atoms with van der Waals surface area (Å²) in [6, 6.07) is 6.44. The Balaban J connectivity index is 2.22. The van der Waals surface area contributed by atoms with Crippen LogP contribution in [0.25, 0.3) is 0 Å². The Bertz CT molecular complexity index is 490. The number of hydrogen-bond donors (Lipinski definition) is 1. The number of ketones is 1. The van der Waals surface area contributed by atoms with Crippen molar-refractivity contribution in [3.05, 3.63) is 29.8 Å². The lowest BCUT2D eigenvalue weighted by Gasteiger charge is -2.31. The fraction of sp³-hybridized carbons (Fsp3) is 0.467. The lowest BCUT2D eigenvalue weighted by Crippen LogP contribution is -2.40. The van der Waals surface area contributed by atoms with Gasteiger partial charge >= 0.3 is 5.97 Å². The highest BCUT2D eigenvalue weighted by atomic mass is 16.5. The van der Waals surface area contributed by atoms with E-state index in [0.717, 1.165) is 0 Å². The standard InChI is InChI=1S/C15H19NO4/c1-2-20-13-5-3-4-11(10-13)14(15(18)19)16-8-6-12(17)7-9-16/h3-5,10,14H,2,6-9H2,1H3,(H,18,19). The Morgan fingerprint density at radius 3 is 2.70 bits per heavy atom. The Kier molecular flexibility index (Phi) is 4.74. The van der Waals surface area contributed by atoms with Gasteiger partial charge in [0.05, 0.1) is 6.61 Å². The van der Waals surface area contributed by atoms with Crippen molar-refractivity contribution in [1.82, 2.24) is 4.90 Å². The molecule has 0 aliphatic carbocycles. The molecule has 0 saturated carbocycles. The maximum atomic E-state index is 11.6. The van der Waals surface area contributed by atoms with Crippen LogP contribution in [-0.4, -0.2) is 41.5 Å². The summed E-state index contributed by atoms with van der Waals surface area (Å²) in [6.45, 7) is 3.42. The van der Waals surface area contributed by atoms with E-state index >= 15 is 0 Å². The number of likely N-dealkylation sites (tertiary alicyclic amines) is 1. The molecule has 5 nitrogen and oxygen atoms in total. The number of ether oxygens (including phenoxy) is 1. The molecule has 1 atom stereocenters. The summed E-state index contributed by atoms with van der Waals surface area (Å²) < 4.78 is 5.42. The van der Waals surface area contributed by atoms with E-state index in [1.165, 1.54) is 0 Å². The molecule has 1 saturated heterocycles. The summed E-state index contributed by atoms with van der Waals surface area (Å²) >= 11 is 0. The number of benzene rings is 1. The van der Waals surface area contributed by atoms with Gasteiger partial charge in [-0.15, -0.1) is 0 Å². The van der Waals surface area contributed by atoms with Crippen LogP contribution < -0.4 is 4.74 Å². The Labute approximate surface area is 118 Å². The molecule has 0 spiro atoms. The number of nitrogens with zero attached hydrogens (tertiary/aromatic N) is 1. The third-order valence-corrected chi connectivity index (χ3v) is 3.44. The molecule has 108 valence electrons. The molecule has 1 aliphatic rings. The zero-order valence-electron chi connectivity index (χ0n) is 11.5. The average molecular weight is 277 g/mol. The van der Waals surface area contributed by atoms with Gasteiger partial charge in [-0.1, -0.05) is 12.1 Å². The third-order valence-electron chi connectivity index (χ3n) is 3.44. The number of carbonyl (C=O) groups is 2. The van der Waals surface area contributed by atoms with Crippen LogP contribution in [0.4, 0.5) is 0 Å². The summed E-state index contributed by atoms with van der Waals surface area (Å²) in [6.07, 6.45) is 0.851. The molecular formula is C15H19NO4. The van der Waals surface area contributed by atoms with E-state index in [9.17, 15) is 14.7 Å². The largest absolute Gasteiger partial charge is 0.494 e. The highest BCUT2D eigenvalue weighted by Crippen LogP contribution is 2.26. The second-order valence-corrected chi connectivity index (χ2v) is 4.82. The Morgan fingerprint density at radius 1 is 1.40 bits per heavy atom. The number of hydrogen-bond acceptors (Lipinski definition) is 4. The van der Waals surface area contributed by atoms with E-state index in [0.29, 0.717) is 43.9 Å². The van der Waals surface area contributed by atoms with Crippen molar-refractivity contribution < 1.29 is 19.4 Å². The van der Waals surface area contributed by atoms with Gasteiger partial charge in [0, 0.05) is 25.9 Å². The molecular weight excluding hydrogens is 258 g/mol. The average Bonchev–Trinajstić information content (AvgIpc) is 2.42. The SMILES string of the molecule is CCOc1cccc(C(C(=O)O)N2CCC(=O)CC2)c1. The molecule has 0 bridgehead atoms. The van der Waals surface area contributed by atoms with Crippen LogP contribution in [-0.2, 0) is 9.59 Å². The maximum absolute atomic E-state index is 11.6. The number of rotatable bonds is 5. The summed E-state index contributed by atoms with van der Waals surface area (Å²) in [7, 11) is 0. The minimum absolute atomic E-state index is 0.202. The number of carboxylic acids is 1. The van der Waals surface area contributed by atoms with E-state index in [1.807, 2.05) is 17.9 Å². The van der Waals surface area contributed by atoms with Crippen molar-refractivity contribution in [1.29, 1.82) is 0 Å². The monoisotopic (exact) mass is 277 g/mol. The molecule has 2 rings (SSSR count). The van der Waals surface area contributed by atoms with Gasteiger partial charge in [-0.25, -0.2) is 0 Å². The minimum Gasteiger partial charge on any atom is -0.494 e. The summed E-state index contributed by atoms with van der Waals surface area (Å²) in [5.74, 6) is -0.0224. The van der Waals surface area contributed by atoms with Gasteiger partial charge in [0.1, 0.15) is 17.6 Å². The Hall–Kier alpha value is -1.88. The second kappa shape index (κ2) is 6.52. The maximum Gasteiger partial charge on any atom is 0.325 e. The normalized spacial score (nSPS) is 17.8. The first-order valence-electron chi connectivity index (χ1n) is 6.83. The van der Waals surface area contributed by atoms with Crippen LogP contribution in [0.5, 0.6) is 5.75 Å². The molecule has 20 heavy (non-hydrogen) atoms. The molecule has 0 aromatic heterocycles. The molecule has 1 N–H and O–H groups in total. The molecule has 1 fully saturated rings. The zero-order chi connectivity index (χ0) is 14.5. The lowest BCUT2D eigenvalue weighted by atomic mass is 10.0. The minimum atomic E-state index is -0.895. The molecule has 5 heteroatoms. The van der Waals surface area contributed by atoms with Gasteiger partial charge in [-0.2, -0.15) is 0 Å². The molecule has 1 aliphatic heterocycles. The molecule has 0 radical (unpaired) electrons. The quantitative estimate of drug-likeness (QED) is 0.890. The van der Waals surface area contributed by atoms with Crippen LogP contribution in [0.3, 0.4) is 0 Å². The van der Waals surface area contributed by atoms with Crippen LogP contribution in [0.15, 0.2) is 24.3 Å². The van der Waals surface area contributed by atoms with Crippen molar-refractivity contribution in [2.24, 2.45) is 0 Å². The number of piperidine rings is 1. The second-order valence-electron chi connectivity index (χ2n) is 4.82. The van der Waals surface area contributed by atoms with Crippen molar-refractivity contribution >= 4 is 11.8 Å². The molecule has 1 unspecified atom stereocenters. The van der Waals surface area contributed by atoms with Crippen LogP contribution >= 0.6 is 0 Å². The first-order valence-corrected chi connectivity index (χ1v) is 6.83. The first-order chi connectivity index (χ1) is 9.61. The smallest absolute Gasteiger partial charge is 0.325 e. The number of carbonyl (C=O) groups excluding carboxylic acids is 1. The van der Waals surface area contributed by atoms with Gasteiger partial charge < -0.3 is 9.84 Å². The van der Waals surface area contributed by atoms with Gasteiger partial charge in [0.25, 0.3) is 0 Å². The zero-order valence-corrected chi connectivity index (χ0v) is 11.5. The van der Waals surface area contributed by atoms with Crippen molar-refractivity contribution in [2.75, 3.05) is 19.7 Å². The summed E-state index contributed by atoms with van der Waals surface area (Å²) in [5, 5.41) is 9.50. The van der Waals surface area contributed by atoms with E-state index in [4.69, 9.17) is 4.74 Å². The van der Waals surface area contributed by atoms with Crippen molar-refractivity contribution in [2.45, 2.75) is 25.8 Å². The van der Waals surface area contributed by atoms with Crippen LogP contribution in [0, 0.1) is 0 Å². The number of Topliss-reactive ketones (excluding diaryl/α,β-unsaturated/α-hetero) is 1. The van der Waals surface area contributed by atoms with Crippen LogP contribution in [0.2, 0.25) is 0 Å². The first kappa shape index (κ1) is 14.5. The highest BCUT2D eigenvalue weighted by Gasteiger charge is 2.30. The van der Waals surface area contributed by atoms with Gasteiger partial charge in [-0.3, -0.25) is 14.5 Å². The van der Waals surface area contributed by atoms with Gasteiger partial charge in [-0.05, 0) is 24.6 Å². The number of carboxylic acid groups (broad SMARTS) is 1. The predicted octanol–water partition coefficient (Wildman–Crippen LogP) is 1.88. The molecule has 1 aromatic carbocycles. The third kappa shape index (κ3) is 3.36. The van der Waals surface area contributed by atoms with E-state index in [1.54, 1.807) is 18.2 Å². The Morgan fingerprint density at radius 2 is 2.10 bits per heavy atom. The highest BCUT2D eigenvalue weighted by molar-refractivity contribution is 5.80. The number of aliphatic carboxylic acids is 1. The summed E-state index contributed by atoms with van der Waals surface area (Å²) in [4.78, 5) is 24.7.